The van der Waals surface area contributed by atoms with Crippen LogP contribution >= 0.6 is 11.6 Å². The Morgan fingerprint density at radius 1 is 1.47 bits per heavy atom. The molecule has 1 atom stereocenters. The molecule has 1 aromatic heterocycles. The highest BCUT2D eigenvalue weighted by molar-refractivity contribution is 6.31. The molecule has 0 fully saturated rings. The molecule has 92 valence electrons. The van der Waals surface area contributed by atoms with Gasteiger partial charge < -0.3 is 5.32 Å². The molecule has 0 spiro atoms. The second-order valence-corrected chi connectivity index (χ2v) is 4.09. The van der Waals surface area contributed by atoms with Crippen molar-refractivity contribution in [2.75, 3.05) is 6.54 Å². The number of halogens is 1. The van der Waals surface area contributed by atoms with E-state index in [-0.39, 0.29) is 0 Å². The maximum absolute atomic E-state index is 11.2. The molecule has 0 aromatic carbocycles. The van der Waals surface area contributed by atoms with Crippen molar-refractivity contribution < 1.29 is 9.59 Å². The van der Waals surface area contributed by atoms with Crippen LogP contribution in [0.1, 0.15) is 12.6 Å². The minimum absolute atomic E-state index is 0.410. The van der Waals surface area contributed by atoms with Gasteiger partial charge in [0.15, 0.2) is 0 Å². The highest BCUT2D eigenvalue weighted by Gasteiger charge is 2.12. The Kier molecular flexibility index (Phi) is 5.42. The zero-order valence-corrected chi connectivity index (χ0v) is 10.2. The first kappa shape index (κ1) is 13.4. The van der Waals surface area contributed by atoms with E-state index in [0.29, 0.717) is 13.0 Å². The Bertz CT molecular complexity index is 382. The summed E-state index contributed by atoms with van der Waals surface area (Å²) in [5, 5.41) is 3.95. The number of amides is 3. The molecule has 0 bridgehead atoms. The Hall–Kier alpha value is -1.62. The van der Waals surface area contributed by atoms with Crippen molar-refractivity contribution >= 4 is 23.5 Å². The van der Waals surface area contributed by atoms with E-state index < -0.39 is 17.3 Å². The number of imide groups is 1. The zero-order valence-electron chi connectivity index (χ0n) is 9.44. The van der Waals surface area contributed by atoms with Crippen molar-refractivity contribution in [3.8, 4) is 0 Å². The second kappa shape index (κ2) is 6.85. The zero-order chi connectivity index (χ0) is 12.7. The second-order valence-electron chi connectivity index (χ2n) is 3.43. The fourth-order valence-corrected chi connectivity index (χ4v) is 1.16. The van der Waals surface area contributed by atoms with Crippen LogP contribution in [0.3, 0.4) is 0 Å². The van der Waals surface area contributed by atoms with E-state index in [0.717, 1.165) is 5.69 Å². The normalized spacial score (nSPS) is 11.6. The summed E-state index contributed by atoms with van der Waals surface area (Å²) in [4.78, 5) is 26.4. The molecular formula is C11H14ClN3O2. The molecular weight excluding hydrogens is 242 g/mol. The summed E-state index contributed by atoms with van der Waals surface area (Å²) in [6.45, 7) is 1.91. The van der Waals surface area contributed by atoms with Gasteiger partial charge in [-0.1, -0.05) is 6.07 Å². The third kappa shape index (κ3) is 5.31. The number of carbonyl (C=O) groups excluding carboxylic acids is 2. The van der Waals surface area contributed by atoms with E-state index in [1.165, 1.54) is 6.92 Å². The molecule has 17 heavy (non-hydrogen) atoms. The van der Waals surface area contributed by atoms with Crippen LogP contribution in [0.4, 0.5) is 4.79 Å². The lowest BCUT2D eigenvalue weighted by Crippen LogP contribution is -2.42. The van der Waals surface area contributed by atoms with Gasteiger partial charge in [0.1, 0.15) is 5.38 Å². The van der Waals surface area contributed by atoms with Gasteiger partial charge in [0.25, 0.3) is 0 Å². The number of carbonyl (C=O) groups is 2. The topological polar surface area (TPSA) is 71.1 Å². The summed E-state index contributed by atoms with van der Waals surface area (Å²) in [7, 11) is 0. The van der Waals surface area contributed by atoms with Crippen molar-refractivity contribution in [2.45, 2.75) is 18.7 Å². The van der Waals surface area contributed by atoms with E-state index in [9.17, 15) is 9.59 Å². The van der Waals surface area contributed by atoms with Gasteiger partial charge in [-0.05, 0) is 19.1 Å². The number of nitrogens with zero attached hydrogens (tertiary/aromatic N) is 1. The molecule has 0 radical (unpaired) electrons. The Balaban J connectivity index is 2.23. The van der Waals surface area contributed by atoms with Gasteiger partial charge in [0.05, 0.1) is 0 Å². The van der Waals surface area contributed by atoms with Crippen LogP contribution in [-0.2, 0) is 11.2 Å². The fraction of sp³-hybridized carbons (Fsp3) is 0.364. The van der Waals surface area contributed by atoms with E-state index >= 15 is 0 Å². The van der Waals surface area contributed by atoms with Gasteiger partial charge >= 0.3 is 6.03 Å². The van der Waals surface area contributed by atoms with Crippen LogP contribution in [0.15, 0.2) is 24.4 Å². The summed E-state index contributed by atoms with van der Waals surface area (Å²) in [6.07, 6.45) is 2.30. The van der Waals surface area contributed by atoms with Crippen LogP contribution in [0.25, 0.3) is 0 Å². The number of hydrogen-bond acceptors (Lipinski definition) is 3. The molecule has 0 aliphatic rings. The average Bonchev–Trinajstić information content (AvgIpc) is 2.30. The molecule has 1 unspecified atom stereocenters. The molecule has 0 saturated heterocycles. The molecule has 1 rings (SSSR count). The van der Waals surface area contributed by atoms with Crippen molar-refractivity contribution in [2.24, 2.45) is 0 Å². The smallest absolute Gasteiger partial charge is 0.321 e. The third-order valence-corrected chi connectivity index (χ3v) is 2.19. The van der Waals surface area contributed by atoms with E-state index in [1.54, 1.807) is 6.20 Å². The maximum Gasteiger partial charge on any atom is 0.321 e. The van der Waals surface area contributed by atoms with Gasteiger partial charge in [0, 0.05) is 24.9 Å². The lowest BCUT2D eigenvalue weighted by atomic mass is 10.3. The van der Waals surface area contributed by atoms with E-state index in [1.807, 2.05) is 18.2 Å². The number of urea groups is 1. The lowest BCUT2D eigenvalue weighted by molar-refractivity contribution is -0.119. The quantitative estimate of drug-likeness (QED) is 0.791. The number of aromatic nitrogens is 1. The molecule has 2 N–H and O–H groups in total. The minimum atomic E-state index is -0.725. The molecule has 1 heterocycles. The monoisotopic (exact) mass is 255 g/mol. The minimum Gasteiger partial charge on any atom is -0.337 e. The molecule has 0 saturated carbocycles. The van der Waals surface area contributed by atoms with Crippen molar-refractivity contribution in [1.82, 2.24) is 15.6 Å². The number of pyridine rings is 1. The number of alkyl halides is 1. The molecule has 1 aromatic rings. The lowest BCUT2D eigenvalue weighted by Gasteiger charge is -2.07. The fourth-order valence-electron chi connectivity index (χ4n) is 1.11. The summed E-state index contributed by atoms with van der Waals surface area (Å²) >= 11 is 5.50. The largest absolute Gasteiger partial charge is 0.337 e. The van der Waals surface area contributed by atoms with Crippen LogP contribution < -0.4 is 10.6 Å². The molecule has 0 aliphatic heterocycles. The summed E-state index contributed by atoms with van der Waals surface area (Å²) in [5.41, 5.74) is 0.879. The highest BCUT2D eigenvalue weighted by atomic mass is 35.5. The first-order chi connectivity index (χ1) is 8.09. The van der Waals surface area contributed by atoms with Gasteiger partial charge in [-0.25, -0.2) is 4.79 Å². The predicted octanol–water partition coefficient (Wildman–Crippen LogP) is 1.08. The van der Waals surface area contributed by atoms with E-state index in [4.69, 9.17) is 11.6 Å². The van der Waals surface area contributed by atoms with Crippen molar-refractivity contribution in [3.63, 3.8) is 0 Å². The molecule has 3 amide bonds. The molecule has 0 aliphatic carbocycles. The number of nitrogens with one attached hydrogen (secondary N) is 2. The predicted molar refractivity (Wildman–Crippen MR) is 64.8 cm³/mol. The SMILES string of the molecule is CC(Cl)C(=O)NC(=O)NCCc1ccccn1. The number of hydrogen-bond donors (Lipinski definition) is 2. The molecule has 5 nitrogen and oxygen atoms in total. The van der Waals surface area contributed by atoms with Crippen LogP contribution in [0, 0.1) is 0 Å². The number of rotatable bonds is 4. The van der Waals surface area contributed by atoms with Crippen LogP contribution in [0.2, 0.25) is 0 Å². The van der Waals surface area contributed by atoms with Crippen molar-refractivity contribution in [1.29, 1.82) is 0 Å². The third-order valence-electron chi connectivity index (χ3n) is 1.99. The standard InChI is InChI=1S/C11H14ClN3O2/c1-8(12)10(16)15-11(17)14-7-5-9-4-2-3-6-13-9/h2-4,6,8H,5,7H2,1H3,(H2,14,15,16,17). The summed E-state index contributed by atoms with van der Waals surface area (Å²) in [5.74, 6) is -0.512. The summed E-state index contributed by atoms with van der Waals surface area (Å²) < 4.78 is 0. The van der Waals surface area contributed by atoms with Gasteiger partial charge in [-0.3, -0.25) is 15.1 Å². The van der Waals surface area contributed by atoms with E-state index in [2.05, 4.69) is 15.6 Å². The highest BCUT2D eigenvalue weighted by Crippen LogP contribution is 1.94. The van der Waals surface area contributed by atoms with Gasteiger partial charge in [-0.2, -0.15) is 0 Å². The van der Waals surface area contributed by atoms with Gasteiger partial charge in [0.2, 0.25) is 5.91 Å². The van der Waals surface area contributed by atoms with Crippen molar-refractivity contribution in [3.05, 3.63) is 30.1 Å². The molecule has 6 heteroatoms. The van der Waals surface area contributed by atoms with Crippen LogP contribution in [-0.4, -0.2) is 28.8 Å². The maximum atomic E-state index is 11.2. The van der Waals surface area contributed by atoms with Gasteiger partial charge in [-0.15, -0.1) is 11.6 Å². The Labute approximate surface area is 105 Å². The first-order valence-corrected chi connectivity index (χ1v) is 5.66. The van der Waals surface area contributed by atoms with Crippen LogP contribution in [0.5, 0.6) is 0 Å². The Morgan fingerprint density at radius 3 is 2.82 bits per heavy atom. The first-order valence-electron chi connectivity index (χ1n) is 5.22. The Morgan fingerprint density at radius 2 is 2.24 bits per heavy atom. The average molecular weight is 256 g/mol. The summed E-state index contributed by atoms with van der Waals surface area (Å²) in [6, 6.07) is 5.02.